The summed E-state index contributed by atoms with van der Waals surface area (Å²) in [5, 5.41) is 5.38. The zero-order chi connectivity index (χ0) is 12.7. The van der Waals surface area contributed by atoms with Crippen molar-refractivity contribution in [2.75, 3.05) is 13.1 Å². The van der Waals surface area contributed by atoms with Gasteiger partial charge in [0.25, 0.3) is 11.8 Å². The van der Waals surface area contributed by atoms with E-state index in [1.165, 1.54) is 6.33 Å². The summed E-state index contributed by atoms with van der Waals surface area (Å²) in [4.78, 5) is 29.9. The fraction of sp³-hybridized carbons (Fsp3) is 0.545. The zero-order valence-electron chi connectivity index (χ0n) is 10.2. The molecule has 1 aromatic rings. The van der Waals surface area contributed by atoms with Crippen LogP contribution in [0.15, 0.2) is 6.33 Å². The van der Waals surface area contributed by atoms with Crippen LogP contribution in [0.25, 0.3) is 0 Å². The van der Waals surface area contributed by atoms with Crippen LogP contribution in [0.5, 0.6) is 0 Å². The Kier molecular flexibility index (Phi) is 5.19. The molecule has 1 aromatic heterocycles. The van der Waals surface area contributed by atoms with Gasteiger partial charge in [0, 0.05) is 13.1 Å². The van der Waals surface area contributed by atoms with Gasteiger partial charge in [-0.2, -0.15) is 0 Å². The summed E-state index contributed by atoms with van der Waals surface area (Å²) in [6.07, 6.45) is 3.03. The van der Waals surface area contributed by atoms with Crippen LogP contribution in [-0.4, -0.2) is 34.9 Å². The number of aromatic nitrogens is 2. The second kappa shape index (κ2) is 6.67. The molecule has 0 fully saturated rings. The van der Waals surface area contributed by atoms with Crippen LogP contribution in [0.4, 0.5) is 0 Å². The largest absolute Gasteiger partial charge is 0.351 e. The Morgan fingerprint density at radius 1 is 1.18 bits per heavy atom. The lowest BCUT2D eigenvalue weighted by atomic mass is 10.2. The van der Waals surface area contributed by atoms with Crippen LogP contribution in [0.1, 0.15) is 47.7 Å². The third-order valence-corrected chi connectivity index (χ3v) is 2.15. The third kappa shape index (κ3) is 3.58. The minimum Gasteiger partial charge on any atom is -0.351 e. The Morgan fingerprint density at radius 2 is 1.76 bits per heavy atom. The number of rotatable bonds is 6. The molecule has 6 nitrogen and oxygen atoms in total. The number of nitrogens with one attached hydrogen (secondary N) is 3. The monoisotopic (exact) mass is 238 g/mol. The van der Waals surface area contributed by atoms with Crippen molar-refractivity contribution in [3.8, 4) is 0 Å². The van der Waals surface area contributed by atoms with Crippen LogP contribution in [0, 0.1) is 0 Å². The van der Waals surface area contributed by atoms with Gasteiger partial charge < -0.3 is 15.6 Å². The Hall–Kier alpha value is -1.85. The molecule has 0 radical (unpaired) electrons. The second-order valence-corrected chi connectivity index (χ2v) is 3.64. The topological polar surface area (TPSA) is 86.9 Å². The van der Waals surface area contributed by atoms with Crippen LogP contribution in [0.3, 0.4) is 0 Å². The van der Waals surface area contributed by atoms with Gasteiger partial charge in [0.05, 0.1) is 6.33 Å². The Labute approximate surface area is 100 Å². The number of aromatic amines is 1. The lowest BCUT2D eigenvalue weighted by molar-refractivity contribution is 0.0914. The van der Waals surface area contributed by atoms with E-state index in [1.54, 1.807) is 0 Å². The first-order valence-corrected chi connectivity index (χ1v) is 5.80. The van der Waals surface area contributed by atoms with Gasteiger partial charge in [0.15, 0.2) is 5.69 Å². The quantitative estimate of drug-likeness (QED) is 0.681. The second-order valence-electron chi connectivity index (χ2n) is 3.64. The summed E-state index contributed by atoms with van der Waals surface area (Å²) in [5.74, 6) is -0.624. The van der Waals surface area contributed by atoms with Gasteiger partial charge in [0.2, 0.25) is 0 Å². The molecule has 0 spiro atoms. The smallest absolute Gasteiger partial charge is 0.272 e. The van der Waals surface area contributed by atoms with Gasteiger partial charge >= 0.3 is 0 Å². The first-order valence-electron chi connectivity index (χ1n) is 5.80. The molecule has 1 rings (SSSR count). The number of carbonyl (C=O) groups is 2. The summed E-state index contributed by atoms with van der Waals surface area (Å²) in [6, 6.07) is 0. The molecular weight excluding hydrogens is 220 g/mol. The highest BCUT2D eigenvalue weighted by Gasteiger charge is 2.19. The number of hydrogen-bond donors (Lipinski definition) is 3. The van der Waals surface area contributed by atoms with Crippen molar-refractivity contribution >= 4 is 11.8 Å². The molecular formula is C11H18N4O2. The van der Waals surface area contributed by atoms with E-state index in [4.69, 9.17) is 0 Å². The van der Waals surface area contributed by atoms with Gasteiger partial charge in [-0.1, -0.05) is 13.8 Å². The molecule has 6 heteroatoms. The first kappa shape index (κ1) is 13.2. The highest BCUT2D eigenvalue weighted by atomic mass is 16.2. The Morgan fingerprint density at radius 3 is 2.35 bits per heavy atom. The number of amides is 2. The van der Waals surface area contributed by atoms with Gasteiger partial charge in [-0.25, -0.2) is 4.98 Å². The Bertz CT molecular complexity index is 352. The van der Waals surface area contributed by atoms with Crippen molar-refractivity contribution in [1.29, 1.82) is 0 Å². The van der Waals surface area contributed by atoms with Crippen molar-refractivity contribution in [2.45, 2.75) is 26.7 Å². The van der Waals surface area contributed by atoms with E-state index in [0.29, 0.717) is 13.1 Å². The van der Waals surface area contributed by atoms with E-state index in [9.17, 15) is 9.59 Å². The SMILES string of the molecule is CCCNC(=O)c1nc[nH]c1C(=O)NCCC. The van der Waals surface area contributed by atoms with E-state index in [0.717, 1.165) is 12.8 Å². The summed E-state index contributed by atoms with van der Waals surface area (Å²) in [6.45, 7) is 5.07. The standard InChI is InChI=1S/C11H18N4O2/c1-3-5-12-10(16)8-9(15-7-14-8)11(17)13-6-4-2/h7H,3-6H2,1-2H3,(H,12,16)(H,13,17)(H,14,15). The van der Waals surface area contributed by atoms with E-state index in [2.05, 4.69) is 20.6 Å². The summed E-state index contributed by atoms with van der Waals surface area (Å²) < 4.78 is 0. The molecule has 0 aliphatic rings. The third-order valence-electron chi connectivity index (χ3n) is 2.15. The van der Waals surface area contributed by atoms with E-state index >= 15 is 0 Å². The maximum Gasteiger partial charge on any atom is 0.272 e. The minimum absolute atomic E-state index is 0.145. The molecule has 0 aliphatic heterocycles. The summed E-state index contributed by atoms with van der Waals surface area (Å²) in [5.41, 5.74) is 0.360. The average Bonchev–Trinajstić information content (AvgIpc) is 2.82. The predicted molar refractivity (Wildman–Crippen MR) is 63.8 cm³/mol. The molecule has 17 heavy (non-hydrogen) atoms. The number of hydrogen-bond acceptors (Lipinski definition) is 3. The molecule has 94 valence electrons. The highest BCUT2D eigenvalue weighted by molar-refractivity contribution is 6.04. The number of imidazole rings is 1. The van der Waals surface area contributed by atoms with Crippen LogP contribution < -0.4 is 10.6 Å². The maximum absolute atomic E-state index is 11.7. The maximum atomic E-state index is 11.7. The first-order chi connectivity index (χ1) is 8.20. The lowest BCUT2D eigenvalue weighted by Crippen LogP contribution is -2.30. The summed E-state index contributed by atoms with van der Waals surface area (Å²) >= 11 is 0. The molecule has 0 aromatic carbocycles. The number of H-pyrrole nitrogens is 1. The van der Waals surface area contributed by atoms with Crippen molar-refractivity contribution in [1.82, 2.24) is 20.6 Å². The molecule has 0 saturated carbocycles. The number of carbonyl (C=O) groups excluding carboxylic acids is 2. The summed E-state index contributed by atoms with van der Waals surface area (Å²) in [7, 11) is 0. The fourth-order valence-electron chi connectivity index (χ4n) is 1.29. The van der Waals surface area contributed by atoms with Gasteiger partial charge in [-0.05, 0) is 12.8 Å². The molecule has 0 unspecified atom stereocenters. The van der Waals surface area contributed by atoms with Crippen molar-refractivity contribution in [2.24, 2.45) is 0 Å². The molecule has 2 amide bonds. The van der Waals surface area contributed by atoms with Crippen molar-refractivity contribution < 1.29 is 9.59 Å². The van der Waals surface area contributed by atoms with Gasteiger partial charge in [-0.3, -0.25) is 9.59 Å². The molecule has 3 N–H and O–H groups in total. The van der Waals surface area contributed by atoms with Gasteiger partial charge in [0.1, 0.15) is 5.69 Å². The van der Waals surface area contributed by atoms with Crippen LogP contribution >= 0.6 is 0 Å². The zero-order valence-corrected chi connectivity index (χ0v) is 10.2. The van der Waals surface area contributed by atoms with Crippen LogP contribution in [-0.2, 0) is 0 Å². The van der Waals surface area contributed by atoms with Crippen molar-refractivity contribution in [3.63, 3.8) is 0 Å². The molecule has 1 heterocycles. The minimum atomic E-state index is -0.324. The molecule has 0 saturated heterocycles. The van der Waals surface area contributed by atoms with Gasteiger partial charge in [-0.15, -0.1) is 0 Å². The van der Waals surface area contributed by atoms with Crippen LogP contribution in [0.2, 0.25) is 0 Å². The van der Waals surface area contributed by atoms with E-state index in [-0.39, 0.29) is 23.2 Å². The molecule has 0 bridgehead atoms. The fourth-order valence-corrected chi connectivity index (χ4v) is 1.29. The average molecular weight is 238 g/mol. The Balaban J connectivity index is 2.71. The molecule has 0 aliphatic carbocycles. The lowest BCUT2D eigenvalue weighted by Gasteiger charge is -2.04. The normalized spacial score (nSPS) is 10.0. The van der Waals surface area contributed by atoms with Crippen molar-refractivity contribution in [3.05, 3.63) is 17.7 Å². The van der Waals surface area contributed by atoms with E-state index in [1.807, 2.05) is 13.8 Å². The molecule has 0 atom stereocenters. The predicted octanol–water partition coefficient (Wildman–Crippen LogP) is 0.689. The number of nitrogens with zero attached hydrogens (tertiary/aromatic N) is 1. The van der Waals surface area contributed by atoms with E-state index < -0.39 is 0 Å². The highest BCUT2D eigenvalue weighted by Crippen LogP contribution is 2.02.